The molecule has 17 heavy (non-hydrogen) atoms. The second kappa shape index (κ2) is 3.78. The molecule has 84 valence electrons. The zero-order chi connectivity index (χ0) is 12.0. The average Bonchev–Trinajstić information content (AvgIpc) is 2.69. The number of nitrogens with zero attached hydrogens (tertiary/aromatic N) is 1. The summed E-state index contributed by atoms with van der Waals surface area (Å²) in [4.78, 5) is 10.5. The van der Waals surface area contributed by atoms with E-state index in [0.29, 0.717) is 4.47 Å². The summed E-state index contributed by atoms with van der Waals surface area (Å²) >= 11 is 4.90. The number of thiophene rings is 1. The van der Waals surface area contributed by atoms with E-state index in [9.17, 15) is 10.1 Å². The number of nitro benzene ring substituents is 1. The summed E-state index contributed by atoms with van der Waals surface area (Å²) in [7, 11) is 0. The molecule has 5 heteroatoms. The van der Waals surface area contributed by atoms with Crippen molar-refractivity contribution in [3.05, 3.63) is 51.0 Å². The highest BCUT2D eigenvalue weighted by Gasteiger charge is 2.17. The molecule has 0 saturated carbocycles. The van der Waals surface area contributed by atoms with E-state index in [0.717, 1.165) is 20.2 Å². The van der Waals surface area contributed by atoms with Crippen molar-refractivity contribution in [1.82, 2.24) is 0 Å². The van der Waals surface area contributed by atoms with Crippen molar-refractivity contribution >= 4 is 53.1 Å². The minimum atomic E-state index is -0.367. The minimum absolute atomic E-state index is 0.115. The number of hydrogen-bond acceptors (Lipinski definition) is 3. The molecule has 0 radical (unpaired) electrons. The van der Waals surface area contributed by atoms with Crippen molar-refractivity contribution in [1.29, 1.82) is 0 Å². The first-order chi connectivity index (χ1) is 8.18. The molecule has 0 aliphatic rings. The maximum absolute atomic E-state index is 10.9. The first kappa shape index (κ1) is 10.7. The molecular weight excluding hydrogens is 302 g/mol. The van der Waals surface area contributed by atoms with Crippen LogP contribution in [0.25, 0.3) is 20.2 Å². The summed E-state index contributed by atoms with van der Waals surface area (Å²) in [5.41, 5.74) is 0.115. The van der Waals surface area contributed by atoms with Gasteiger partial charge in [0, 0.05) is 21.5 Å². The van der Waals surface area contributed by atoms with Crippen LogP contribution in [0, 0.1) is 10.1 Å². The summed E-state index contributed by atoms with van der Waals surface area (Å²) in [6.45, 7) is 0. The first-order valence-electron chi connectivity index (χ1n) is 4.92. The van der Waals surface area contributed by atoms with Gasteiger partial charge in [-0.2, -0.15) is 0 Å². The van der Waals surface area contributed by atoms with Crippen LogP contribution in [0.3, 0.4) is 0 Å². The van der Waals surface area contributed by atoms with Gasteiger partial charge in [-0.1, -0.05) is 18.2 Å². The van der Waals surface area contributed by atoms with Gasteiger partial charge in [-0.05, 0) is 28.1 Å². The second-order valence-electron chi connectivity index (χ2n) is 3.63. The lowest BCUT2D eigenvalue weighted by molar-refractivity contribution is -0.385. The predicted octanol–water partition coefficient (Wildman–Crippen LogP) is 4.73. The minimum Gasteiger partial charge on any atom is -0.258 e. The third kappa shape index (κ3) is 1.54. The highest BCUT2D eigenvalue weighted by Crippen LogP contribution is 2.41. The number of hydrogen-bond donors (Lipinski definition) is 0. The summed E-state index contributed by atoms with van der Waals surface area (Å²) in [6, 6.07) is 11.4. The van der Waals surface area contributed by atoms with Gasteiger partial charge in [0.15, 0.2) is 0 Å². The molecule has 0 bridgehead atoms. The van der Waals surface area contributed by atoms with Crippen molar-refractivity contribution in [2.75, 3.05) is 0 Å². The second-order valence-corrected chi connectivity index (χ2v) is 5.48. The molecule has 3 rings (SSSR count). The fourth-order valence-electron chi connectivity index (χ4n) is 1.89. The van der Waals surface area contributed by atoms with E-state index in [1.54, 1.807) is 17.4 Å². The zero-order valence-corrected chi connectivity index (χ0v) is 10.9. The highest BCUT2D eigenvalue weighted by molar-refractivity contribution is 9.10. The van der Waals surface area contributed by atoms with Crippen LogP contribution in [-0.2, 0) is 0 Å². The molecule has 0 N–H and O–H groups in total. The van der Waals surface area contributed by atoms with Gasteiger partial charge in [0.2, 0.25) is 0 Å². The Morgan fingerprint density at radius 3 is 2.65 bits per heavy atom. The van der Waals surface area contributed by atoms with Gasteiger partial charge < -0.3 is 0 Å². The fourth-order valence-corrected chi connectivity index (χ4v) is 3.76. The maximum Gasteiger partial charge on any atom is 0.284 e. The lowest BCUT2D eigenvalue weighted by Gasteiger charge is -1.96. The van der Waals surface area contributed by atoms with E-state index >= 15 is 0 Å². The van der Waals surface area contributed by atoms with Gasteiger partial charge in [-0.25, -0.2) is 0 Å². The topological polar surface area (TPSA) is 43.1 Å². The van der Waals surface area contributed by atoms with Crippen molar-refractivity contribution in [3.63, 3.8) is 0 Å². The van der Waals surface area contributed by atoms with Crippen LogP contribution in [0.1, 0.15) is 0 Å². The van der Waals surface area contributed by atoms with Gasteiger partial charge >= 0.3 is 0 Å². The van der Waals surface area contributed by atoms with Crippen LogP contribution in [0.5, 0.6) is 0 Å². The Morgan fingerprint density at radius 2 is 1.88 bits per heavy atom. The molecule has 0 spiro atoms. The van der Waals surface area contributed by atoms with Crippen LogP contribution >= 0.6 is 27.3 Å². The van der Waals surface area contributed by atoms with Crippen LogP contribution in [0.4, 0.5) is 5.69 Å². The number of rotatable bonds is 1. The Bertz CT molecular complexity index is 751. The smallest absolute Gasteiger partial charge is 0.258 e. The Hall–Kier alpha value is -1.46. The molecule has 0 amide bonds. The third-order valence-electron chi connectivity index (χ3n) is 2.66. The SMILES string of the molecule is O=[N+]([O-])c1ccc2c(sc3ccccc32)c1Br. The standard InChI is InChI=1S/C12H6BrNO2S/c13-11-9(14(15)16)6-5-8-7-3-1-2-4-10(7)17-12(8)11/h1-6H. The molecule has 2 aromatic carbocycles. The lowest BCUT2D eigenvalue weighted by Crippen LogP contribution is -1.88. The molecule has 3 aromatic rings. The van der Waals surface area contributed by atoms with E-state index in [-0.39, 0.29) is 10.6 Å². The molecule has 1 heterocycles. The van der Waals surface area contributed by atoms with Crippen molar-refractivity contribution in [2.45, 2.75) is 0 Å². The molecule has 0 atom stereocenters. The van der Waals surface area contributed by atoms with Crippen LogP contribution in [0.2, 0.25) is 0 Å². The Kier molecular flexibility index (Phi) is 2.38. The van der Waals surface area contributed by atoms with E-state index in [1.165, 1.54) is 0 Å². The maximum atomic E-state index is 10.9. The molecule has 0 fully saturated rings. The van der Waals surface area contributed by atoms with E-state index in [1.807, 2.05) is 30.3 Å². The Labute approximate surface area is 109 Å². The molecule has 0 unspecified atom stereocenters. The van der Waals surface area contributed by atoms with Gasteiger partial charge in [0.05, 0.1) is 9.62 Å². The zero-order valence-electron chi connectivity index (χ0n) is 8.51. The largest absolute Gasteiger partial charge is 0.284 e. The van der Waals surface area contributed by atoms with E-state index in [2.05, 4.69) is 15.9 Å². The molecule has 3 nitrogen and oxygen atoms in total. The van der Waals surface area contributed by atoms with Crippen LogP contribution in [-0.4, -0.2) is 4.92 Å². The summed E-state index contributed by atoms with van der Waals surface area (Å²) in [5, 5.41) is 13.1. The van der Waals surface area contributed by atoms with Crippen molar-refractivity contribution in [3.8, 4) is 0 Å². The Balaban J connectivity index is 2.48. The molecular formula is C12H6BrNO2S. The molecule has 0 aliphatic heterocycles. The Morgan fingerprint density at radius 1 is 1.12 bits per heavy atom. The summed E-state index contributed by atoms with van der Waals surface area (Å²) < 4.78 is 2.64. The van der Waals surface area contributed by atoms with Crippen molar-refractivity contribution < 1.29 is 4.92 Å². The van der Waals surface area contributed by atoms with Crippen molar-refractivity contribution in [2.24, 2.45) is 0 Å². The monoisotopic (exact) mass is 307 g/mol. The predicted molar refractivity (Wildman–Crippen MR) is 73.7 cm³/mol. The van der Waals surface area contributed by atoms with Gasteiger partial charge in [0.1, 0.15) is 4.47 Å². The fraction of sp³-hybridized carbons (Fsp3) is 0. The number of nitro groups is 1. The lowest BCUT2D eigenvalue weighted by atomic mass is 10.1. The highest BCUT2D eigenvalue weighted by atomic mass is 79.9. The summed E-state index contributed by atoms with van der Waals surface area (Å²) in [5.74, 6) is 0. The first-order valence-corrected chi connectivity index (χ1v) is 6.53. The van der Waals surface area contributed by atoms with Crippen LogP contribution in [0.15, 0.2) is 40.9 Å². The normalized spacial score (nSPS) is 11.1. The van der Waals surface area contributed by atoms with Crippen LogP contribution < -0.4 is 0 Å². The third-order valence-corrected chi connectivity index (χ3v) is 4.93. The van der Waals surface area contributed by atoms with Gasteiger partial charge in [-0.3, -0.25) is 10.1 Å². The van der Waals surface area contributed by atoms with E-state index < -0.39 is 0 Å². The molecule has 0 saturated heterocycles. The van der Waals surface area contributed by atoms with Gasteiger partial charge in [0.25, 0.3) is 5.69 Å². The number of benzene rings is 2. The van der Waals surface area contributed by atoms with E-state index in [4.69, 9.17) is 0 Å². The number of fused-ring (bicyclic) bond motifs is 3. The quantitative estimate of drug-likeness (QED) is 0.482. The van der Waals surface area contributed by atoms with Gasteiger partial charge in [-0.15, -0.1) is 11.3 Å². The molecule has 1 aromatic heterocycles. The summed E-state index contributed by atoms with van der Waals surface area (Å²) in [6.07, 6.45) is 0. The molecule has 0 aliphatic carbocycles. The number of halogens is 1. The average molecular weight is 308 g/mol.